The minimum Gasteiger partial charge on any atom is -0.454 e. The van der Waals surface area contributed by atoms with Crippen LogP contribution in [0.15, 0.2) is 42.6 Å². The molecule has 0 spiro atoms. The molecule has 4 heterocycles. The average molecular weight is 420 g/mol. The zero-order valence-corrected chi connectivity index (χ0v) is 17.2. The number of aliphatic hydroxyl groups is 1. The molecule has 7 nitrogen and oxygen atoms in total. The molecule has 4 aromatic rings. The van der Waals surface area contributed by atoms with Gasteiger partial charge in [-0.1, -0.05) is 12.1 Å². The van der Waals surface area contributed by atoms with Crippen molar-refractivity contribution in [2.45, 2.75) is 19.9 Å². The highest BCUT2D eigenvalue weighted by molar-refractivity contribution is 7.19. The number of rotatable bonds is 6. The predicted octanol–water partition coefficient (Wildman–Crippen LogP) is 3.94. The average Bonchev–Trinajstić information content (AvgIpc) is 3.36. The number of anilines is 1. The number of pyridine rings is 1. The van der Waals surface area contributed by atoms with Gasteiger partial charge < -0.3 is 19.9 Å². The second-order valence-corrected chi connectivity index (χ2v) is 8.12. The van der Waals surface area contributed by atoms with E-state index in [4.69, 9.17) is 19.4 Å². The molecule has 0 radical (unpaired) electrons. The number of aryl methyl sites for hydroxylation is 1. The van der Waals surface area contributed by atoms with Crippen molar-refractivity contribution in [1.82, 2.24) is 15.0 Å². The highest BCUT2D eigenvalue weighted by atomic mass is 32.1. The van der Waals surface area contributed by atoms with Crippen LogP contribution >= 0.6 is 11.3 Å². The third-order valence-electron chi connectivity index (χ3n) is 4.93. The van der Waals surface area contributed by atoms with Crippen LogP contribution in [0.25, 0.3) is 21.3 Å². The van der Waals surface area contributed by atoms with Gasteiger partial charge in [0.25, 0.3) is 0 Å². The van der Waals surface area contributed by atoms with Gasteiger partial charge in [0, 0.05) is 23.1 Å². The molecule has 0 bridgehead atoms. The van der Waals surface area contributed by atoms with E-state index in [1.54, 1.807) is 17.5 Å². The second-order valence-electron chi connectivity index (χ2n) is 6.92. The molecule has 0 unspecified atom stereocenters. The van der Waals surface area contributed by atoms with Crippen LogP contribution < -0.4 is 14.8 Å². The van der Waals surface area contributed by atoms with Crippen LogP contribution in [-0.4, -0.2) is 33.5 Å². The van der Waals surface area contributed by atoms with Crippen LogP contribution in [0.3, 0.4) is 0 Å². The fraction of sp³-hybridized carbons (Fsp3) is 0.227. The Morgan fingerprint density at radius 2 is 2.03 bits per heavy atom. The zero-order valence-electron chi connectivity index (χ0n) is 16.4. The van der Waals surface area contributed by atoms with Gasteiger partial charge in [0.05, 0.1) is 24.2 Å². The van der Waals surface area contributed by atoms with Gasteiger partial charge in [-0.05, 0) is 36.8 Å². The van der Waals surface area contributed by atoms with Crippen molar-refractivity contribution in [2.75, 3.05) is 18.7 Å². The molecule has 1 aliphatic rings. The van der Waals surface area contributed by atoms with Crippen molar-refractivity contribution in [2.24, 2.45) is 0 Å². The van der Waals surface area contributed by atoms with E-state index in [1.165, 1.54) is 0 Å². The fourth-order valence-electron chi connectivity index (χ4n) is 3.57. The Bertz CT molecular complexity index is 1210. The van der Waals surface area contributed by atoms with Crippen LogP contribution in [-0.2, 0) is 13.0 Å². The maximum Gasteiger partial charge on any atom is 0.231 e. The molecule has 0 aliphatic carbocycles. The van der Waals surface area contributed by atoms with Gasteiger partial charge in [0.1, 0.15) is 16.5 Å². The summed E-state index contributed by atoms with van der Waals surface area (Å²) in [6.45, 7) is 2.87. The summed E-state index contributed by atoms with van der Waals surface area (Å²) >= 11 is 1.62. The van der Waals surface area contributed by atoms with Crippen molar-refractivity contribution >= 4 is 27.4 Å². The van der Waals surface area contributed by atoms with Crippen LogP contribution in [0, 0.1) is 6.92 Å². The standard InChI is InChI=1S/C22H20N4O3S/c1-13-19(14-5-6-16-17(10-14)29-12-28-16)20-21(24-11-15-4-2-3-8-23-15)25-18(7-9-27)26-22(20)30-13/h2-6,8,10,27H,7,9,11-12H2,1H3,(H,24,25,26). The molecule has 1 aromatic carbocycles. The van der Waals surface area contributed by atoms with Gasteiger partial charge in [0.2, 0.25) is 6.79 Å². The molecule has 1 aliphatic heterocycles. The van der Waals surface area contributed by atoms with Gasteiger partial charge in [-0.15, -0.1) is 11.3 Å². The van der Waals surface area contributed by atoms with Gasteiger partial charge in [0.15, 0.2) is 11.5 Å². The van der Waals surface area contributed by atoms with E-state index in [0.29, 0.717) is 18.8 Å². The topological polar surface area (TPSA) is 89.4 Å². The van der Waals surface area contributed by atoms with E-state index < -0.39 is 0 Å². The van der Waals surface area contributed by atoms with Crippen LogP contribution in [0.2, 0.25) is 0 Å². The summed E-state index contributed by atoms with van der Waals surface area (Å²) in [5, 5.41) is 13.8. The molecule has 5 rings (SSSR count). The number of nitrogens with one attached hydrogen (secondary N) is 1. The van der Waals surface area contributed by atoms with Crippen molar-refractivity contribution in [3.63, 3.8) is 0 Å². The maximum atomic E-state index is 9.39. The minimum absolute atomic E-state index is 0.00453. The zero-order chi connectivity index (χ0) is 20.5. The van der Waals surface area contributed by atoms with E-state index in [9.17, 15) is 5.11 Å². The first-order valence-electron chi connectivity index (χ1n) is 9.67. The molecule has 0 amide bonds. The van der Waals surface area contributed by atoms with E-state index in [-0.39, 0.29) is 13.4 Å². The Morgan fingerprint density at radius 1 is 1.13 bits per heavy atom. The summed E-state index contributed by atoms with van der Waals surface area (Å²) in [5.41, 5.74) is 3.03. The molecule has 3 aromatic heterocycles. The molecule has 8 heteroatoms. The largest absolute Gasteiger partial charge is 0.454 e. The smallest absolute Gasteiger partial charge is 0.231 e. The lowest BCUT2D eigenvalue weighted by molar-refractivity contribution is 0.174. The number of fused-ring (bicyclic) bond motifs is 2. The predicted molar refractivity (Wildman–Crippen MR) is 116 cm³/mol. The number of nitrogens with zero attached hydrogens (tertiary/aromatic N) is 3. The van der Waals surface area contributed by atoms with E-state index >= 15 is 0 Å². The summed E-state index contributed by atoms with van der Waals surface area (Å²) < 4.78 is 11.0. The first kappa shape index (κ1) is 18.8. The lowest BCUT2D eigenvalue weighted by atomic mass is 10.0. The van der Waals surface area contributed by atoms with E-state index in [0.717, 1.165) is 49.2 Å². The Morgan fingerprint density at radius 3 is 2.87 bits per heavy atom. The molecular weight excluding hydrogens is 400 g/mol. The fourth-order valence-corrected chi connectivity index (χ4v) is 4.64. The van der Waals surface area contributed by atoms with Crippen LogP contribution in [0.5, 0.6) is 11.5 Å². The van der Waals surface area contributed by atoms with Gasteiger partial charge in [-0.2, -0.15) is 0 Å². The molecule has 0 saturated heterocycles. The third kappa shape index (κ3) is 3.44. The maximum absolute atomic E-state index is 9.39. The number of ether oxygens (including phenoxy) is 2. The highest BCUT2D eigenvalue weighted by Crippen LogP contribution is 2.44. The number of aromatic nitrogens is 3. The lowest BCUT2D eigenvalue weighted by Gasteiger charge is -2.11. The number of thiophene rings is 1. The lowest BCUT2D eigenvalue weighted by Crippen LogP contribution is -2.07. The molecule has 0 atom stereocenters. The Kier molecular flexibility index (Phi) is 4.94. The minimum atomic E-state index is 0.00453. The summed E-state index contributed by atoms with van der Waals surface area (Å²) in [6, 6.07) is 11.8. The summed E-state index contributed by atoms with van der Waals surface area (Å²) in [6.07, 6.45) is 2.18. The van der Waals surface area contributed by atoms with Crippen molar-refractivity contribution < 1.29 is 14.6 Å². The number of aliphatic hydroxyl groups excluding tert-OH is 1. The van der Waals surface area contributed by atoms with Crippen LogP contribution in [0.4, 0.5) is 5.82 Å². The molecule has 30 heavy (non-hydrogen) atoms. The Labute approximate surface area is 177 Å². The van der Waals surface area contributed by atoms with E-state index in [2.05, 4.69) is 17.2 Å². The molecule has 2 N–H and O–H groups in total. The highest BCUT2D eigenvalue weighted by Gasteiger charge is 2.21. The van der Waals surface area contributed by atoms with Gasteiger partial charge in [-0.25, -0.2) is 9.97 Å². The number of hydrogen-bond donors (Lipinski definition) is 2. The molecule has 0 fully saturated rings. The summed E-state index contributed by atoms with van der Waals surface area (Å²) in [5.74, 6) is 2.86. The molecule has 152 valence electrons. The molecule has 0 saturated carbocycles. The monoisotopic (exact) mass is 420 g/mol. The van der Waals surface area contributed by atoms with E-state index in [1.807, 2.05) is 36.4 Å². The van der Waals surface area contributed by atoms with Gasteiger partial charge >= 0.3 is 0 Å². The van der Waals surface area contributed by atoms with Crippen molar-refractivity contribution in [1.29, 1.82) is 0 Å². The summed E-state index contributed by atoms with van der Waals surface area (Å²) in [7, 11) is 0. The molecular formula is C22H20N4O3S. The SMILES string of the molecule is Cc1sc2nc(CCO)nc(NCc3ccccn3)c2c1-c1ccc2c(c1)OCO2. The third-order valence-corrected chi connectivity index (χ3v) is 5.93. The Balaban J connectivity index is 1.63. The van der Waals surface area contributed by atoms with Crippen molar-refractivity contribution in [3.05, 3.63) is 59.0 Å². The first-order chi connectivity index (χ1) is 14.7. The second kappa shape index (κ2) is 7.89. The quantitative estimate of drug-likeness (QED) is 0.488. The summed E-state index contributed by atoms with van der Waals surface area (Å²) in [4.78, 5) is 15.8. The van der Waals surface area contributed by atoms with Crippen molar-refractivity contribution in [3.8, 4) is 22.6 Å². The normalized spacial score (nSPS) is 12.5. The number of benzene rings is 1. The first-order valence-corrected chi connectivity index (χ1v) is 10.5. The number of hydrogen-bond acceptors (Lipinski definition) is 8. The Hall–Kier alpha value is -3.23. The van der Waals surface area contributed by atoms with Crippen LogP contribution in [0.1, 0.15) is 16.4 Å². The van der Waals surface area contributed by atoms with Gasteiger partial charge in [-0.3, -0.25) is 4.98 Å².